The largest absolute Gasteiger partial charge is 0.418 e. The molecule has 0 bridgehead atoms. The van der Waals surface area contributed by atoms with Crippen LogP contribution in [0.15, 0.2) is 36.9 Å². The number of halogens is 4. The minimum atomic E-state index is -4.67. The lowest BCUT2D eigenvalue weighted by Crippen LogP contribution is -2.19. The van der Waals surface area contributed by atoms with Gasteiger partial charge < -0.3 is 9.67 Å². The second kappa shape index (κ2) is 5.22. The molecule has 0 fully saturated rings. The summed E-state index contributed by atoms with van der Waals surface area (Å²) >= 11 is 5.91. The summed E-state index contributed by atoms with van der Waals surface area (Å²) in [6.07, 6.45) is -1.42. The number of aliphatic hydroxyl groups is 1. The number of aliphatic hydroxyl groups excluding tert-OH is 1. The normalized spacial score (nSPS) is 13.5. The highest BCUT2D eigenvalue weighted by atomic mass is 35.5. The number of rotatable bonds is 3. The first kappa shape index (κ1) is 13.9. The van der Waals surface area contributed by atoms with Gasteiger partial charge in [0, 0.05) is 36.9 Å². The van der Waals surface area contributed by atoms with E-state index >= 15 is 0 Å². The zero-order chi connectivity index (χ0) is 14.0. The lowest BCUT2D eigenvalue weighted by atomic mass is 10.2. The fourth-order valence-corrected chi connectivity index (χ4v) is 1.82. The topological polar surface area (TPSA) is 38.0 Å². The monoisotopic (exact) mass is 290 g/mol. The van der Waals surface area contributed by atoms with E-state index in [1.807, 2.05) is 0 Å². The summed E-state index contributed by atoms with van der Waals surface area (Å²) < 4.78 is 38.6. The number of nitrogens with zero attached hydrogens (tertiary/aromatic N) is 2. The average Bonchev–Trinajstić information content (AvgIpc) is 2.78. The summed E-state index contributed by atoms with van der Waals surface area (Å²) in [6.45, 7) is 0.311. The van der Waals surface area contributed by atoms with E-state index in [0.717, 1.165) is 5.56 Å². The summed E-state index contributed by atoms with van der Waals surface area (Å²) in [5.41, 5.74) is 0.540. The molecule has 0 amide bonds. The maximum absolute atomic E-state index is 12.3. The Morgan fingerprint density at radius 3 is 2.74 bits per heavy atom. The van der Waals surface area contributed by atoms with E-state index in [1.165, 1.54) is 29.2 Å². The van der Waals surface area contributed by atoms with Crippen LogP contribution >= 0.6 is 11.6 Å². The Morgan fingerprint density at radius 2 is 2.11 bits per heavy atom. The Balaban J connectivity index is 2.16. The lowest BCUT2D eigenvalue weighted by Gasteiger charge is -2.12. The molecule has 0 spiro atoms. The van der Waals surface area contributed by atoms with Crippen molar-refractivity contribution in [2.75, 3.05) is 0 Å². The fraction of sp³-hybridized carbons (Fsp3) is 0.250. The molecule has 0 aliphatic heterocycles. The van der Waals surface area contributed by atoms with Crippen LogP contribution in [0.1, 0.15) is 17.2 Å². The summed E-state index contributed by atoms with van der Waals surface area (Å²) in [5, 5.41) is 9.56. The average molecular weight is 291 g/mol. The lowest BCUT2D eigenvalue weighted by molar-refractivity contribution is -0.206. The molecule has 2 aromatic rings. The molecule has 0 radical (unpaired) electrons. The van der Waals surface area contributed by atoms with Crippen molar-refractivity contribution in [3.8, 4) is 0 Å². The van der Waals surface area contributed by atoms with Crippen LogP contribution in [-0.2, 0) is 6.54 Å². The van der Waals surface area contributed by atoms with Crippen molar-refractivity contribution in [3.05, 3.63) is 53.1 Å². The van der Waals surface area contributed by atoms with Gasteiger partial charge in [-0.1, -0.05) is 11.6 Å². The maximum Gasteiger partial charge on any atom is 0.418 e. The molecule has 0 aromatic carbocycles. The molecule has 0 aliphatic rings. The molecule has 2 aromatic heterocycles. The Hall–Kier alpha value is -1.53. The van der Waals surface area contributed by atoms with Crippen LogP contribution in [0.25, 0.3) is 0 Å². The number of hydrogen-bond donors (Lipinski definition) is 1. The van der Waals surface area contributed by atoms with E-state index in [1.54, 1.807) is 12.3 Å². The third-order valence-electron chi connectivity index (χ3n) is 2.61. The smallest absolute Gasteiger partial charge is 0.379 e. The molecule has 2 heterocycles. The molecule has 7 heteroatoms. The summed E-state index contributed by atoms with van der Waals surface area (Å²) in [5.74, 6) is 0. The number of hydrogen-bond acceptors (Lipinski definition) is 2. The highest BCUT2D eigenvalue weighted by Crippen LogP contribution is 2.32. The van der Waals surface area contributed by atoms with E-state index in [4.69, 9.17) is 16.7 Å². The van der Waals surface area contributed by atoms with Gasteiger partial charge in [0.2, 0.25) is 0 Å². The van der Waals surface area contributed by atoms with Gasteiger partial charge in [0.25, 0.3) is 0 Å². The fourth-order valence-electron chi connectivity index (χ4n) is 1.64. The van der Waals surface area contributed by atoms with Gasteiger partial charge in [-0.25, -0.2) is 0 Å². The highest BCUT2D eigenvalue weighted by molar-refractivity contribution is 6.31. The Kier molecular flexibility index (Phi) is 3.82. The molecule has 2 rings (SSSR count). The van der Waals surface area contributed by atoms with Gasteiger partial charge in [0.05, 0.1) is 5.02 Å². The van der Waals surface area contributed by atoms with Gasteiger partial charge in [-0.2, -0.15) is 13.2 Å². The van der Waals surface area contributed by atoms with E-state index in [-0.39, 0.29) is 5.56 Å². The van der Waals surface area contributed by atoms with Crippen molar-refractivity contribution in [3.63, 3.8) is 0 Å². The van der Waals surface area contributed by atoms with Gasteiger partial charge >= 0.3 is 6.18 Å². The van der Waals surface area contributed by atoms with Crippen molar-refractivity contribution in [1.29, 1.82) is 0 Å². The third kappa shape index (κ3) is 3.27. The maximum atomic E-state index is 12.3. The molecule has 1 N–H and O–H groups in total. The molecular formula is C12H10ClF3N2O. The number of aromatic nitrogens is 2. The van der Waals surface area contributed by atoms with E-state index in [9.17, 15) is 13.2 Å². The van der Waals surface area contributed by atoms with Crippen LogP contribution in [0.2, 0.25) is 5.02 Å². The van der Waals surface area contributed by atoms with Crippen LogP contribution in [0.4, 0.5) is 13.2 Å². The van der Waals surface area contributed by atoms with Crippen molar-refractivity contribution >= 4 is 11.6 Å². The van der Waals surface area contributed by atoms with Crippen LogP contribution in [0.5, 0.6) is 0 Å². The summed E-state index contributed by atoms with van der Waals surface area (Å²) in [7, 11) is 0. The minimum absolute atomic E-state index is 0.197. The van der Waals surface area contributed by atoms with Gasteiger partial charge in [0.15, 0.2) is 6.10 Å². The van der Waals surface area contributed by atoms with Crippen molar-refractivity contribution in [2.24, 2.45) is 0 Å². The summed E-state index contributed by atoms with van der Waals surface area (Å²) in [6, 6.07) is 2.91. The second-order valence-corrected chi connectivity index (χ2v) is 4.44. The van der Waals surface area contributed by atoms with Crippen molar-refractivity contribution in [2.45, 2.75) is 18.8 Å². The zero-order valence-corrected chi connectivity index (χ0v) is 10.4. The minimum Gasteiger partial charge on any atom is -0.379 e. The zero-order valence-electron chi connectivity index (χ0n) is 9.60. The Morgan fingerprint density at radius 1 is 1.37 bits per heavy atom. The van der Waals surface area contributed by atoms with Crippen LogP contribution < -0.4 is 0 Å². The predicted molar refractivity (Wildman–Crippen MR) is 63.8 cm³/mol. The first-order valence-electron chi connectivity index (χ1n) is 5.37. The van der Waals surface area contributed by atoms with E-state index in [0.29, 0.717) is 11.6 Å². The summed E-state index contributed by atoms with van der Waals surface area (Å²) in [4.78, 5) is 3.82. The third-order valence-corrected chi connectivity index (χ3v) is 2.95. The van der Waals surface area contributed by atoms with E-state index in [2.05, 4.69) is 4.98 Å². The number of pyridine rings is 1. The first-order chi connectivity index (χ1) is 8.88. The van der Waals surface area contributed by atoms with Crippen molar-refractivity contribution in [1.82, 2.24) is 9.55 Å². The molecular weight excluding hydrogens is 281 g/mol. The quantitative estimate of drug-likeness (QED) is 0.943. The van der Waals surface area contributed by atoms with Crippen LogP contribution in [-0.4, -0.2) is 20.8 Å². The number of alkyl halides is 3. The molecule has 0 saturated carbocycles. The second-order valence-electron chi connectivity index (χ2n) is 4.03. The van der Waals surface area contributed by atoms with E-state index < -0.39 is 12.3 Å². The Bertz CT molecular complexity index is 568. The van der Waals surface area contributed by atoms with Crippen LogP contribution in [0, 0.1) is 0 Å². The van der Waals surface area contributed by atoms with Gasteiger partial charge in [0.1, 0.15) is 0 Å². The molecule has 3 nitrogen and oxygen atoms in total. The molecule has 1 atom stereocenters. The van der Waals surface area contributed by atoms with Gasteiger partial charge in [-0.15, -0.1) is 0 Å². The molecule has 0 saturated heterocycles. The Labute approximate surface area is 112 Å². The highest BCUT2D eigenvalue weighted by Gasteiger charge is 2.39. The molecule has 1 unspecified atom stereocenters. The van der Waals surface area contributed by atoms with Crippen molar-refractivity contribution < 1.29 is 18.3 Å². The van der Waals surface area contributed by atoms with Crippen LogP contribution in [0.3, 0.4) is 0 Å². The molecule has 19 heavy (non-hydrogen) atoms. The standard InChI is InChI=1S/C12H10ClF3N2O/c13-10-5-17-3-1-8(10)6-18-4-2-9(7-18)11(19)12(14,15)16/h1-5,7,11,19H,6H2. The molecule has 102 valence electrons. The predicted octanol–water partition coefficient (Wildman–Crippen LogP) is 3.18. The van der Waals surface area contributed by atoms with Gasteiger partial charge in [-0.05, 0) is 17.7 Å². The molecule has 0 aliphatic carbocycles. The van der Waals surface area contributed by atoms with Gasteiger partial charge in [-0.3, -0.25) is 4.98 Å². The SMILES string of the molecule is OC(c1ccn(Cc2ccncc2Cl)c1)C(F)(F)F. The first-order valence-corrected chi connectivity index (χ1v) is 5.74.